The fraction of sp³-hybridized carbons (Fsp3) is 0.375. The second kappa shape index (κ2) is 5.90. The number of rotatable bonds is 1. The number of carbonyl (C=O) groups excluding carboxylic acids is 2. The van der Waals surface area contributed by atoms with E-state index in [1.807, 2.05) is 18.2 Å². The van der Waals surface area contributed by atoms with Crippen LogP contribution in [0.4, 0.5) is 4.79 Å². The Kier molecular flexibility index (Phi) is 4.37. The van der Waals surface area contributed by atoms with Gasteiger partial charge in [-0.3, -0.25) is 9.69 Å². The summed E-state index contributed by atoms with van der Waals surface area (Å²) in [6.45, 7) is 5.40. The van der Waals surface area contributed by atoms with Crippen LogP contribution in [0.2, 0.25) is 5.02 Å². The number of allylic oxidation sites excluding steroid dienone is 1. The molecule has 1 heterocycles. The van der Waals surface area contributed by atoms with Crippen LogP contribution in [-0.4, -0.2) is 22.4 Å². The summed E-state index contributed by atoms with van der Waals surface area (Å²) >= 11 is 6.19. The van der Waals surface area contributed by atoms with E-state index in [0.29, 0.717) is 5.02 Å². The standard InChI is InChI=1S/C16H18ClNO3/c1-16(2,3)21-15(20)18-9-8-11(19)10-14(18)12-6-4-5-7-13(12)17/h4-9,14H,10H2,1-3H3. The second-order valence-electron chi connectivity index (χ2n) is 5.91. The first-order valence-electron chi connectivity index (χ1n) is 6.75. The van der Waals surface area contributed by atoms with E-state index in [2.05, 4.69) is 0 Å². The average molecular weight is 308 g/mol. The number of nitrogens with zero attached hydrogens (tertiary/aromatic N) is 1. The molecule has 4 nitrogen and oxygen atoms in total. The lowest BCUT2D eigenvalue weighted by molar-refractivity contribution is -0.116. The van der Waals surface area contributed by atoms with Gasteiger partial charge in [0, 0.05) is 17.6 Å². The highest BCUT2D eigenvalue weighted by Gasteiger charge is 2.32. The van der Waals surface area contributed by atoms with Crippen LogP contribution in [0.1, 0.15) is 38.8 Å². The number of amides is 1. The van der Waals surface area contributed by atoms with Gasteiger partial charge in [0.05, 0.1) is 6.04 Å². The average Bonchev–Trinajstić information content (AvgIpc) is 2.37. The molecule has 1 unspecified atom stereocenters. The van der Waals surface area contributed by atoms with Crippen LogP contribution in [0.3, 0.4) is 0 Å². The van der Waals surface area contributed by atoms with Crippen molar-refractivity contribution in [1.29, 1.82) is 0 Å². The molecule has 112 valence electrons. The molecule has 1 aromatic carbocycles. The normalized spacial score (nSPS) is 18.8. The minimum absolute atomic E-state index is 0.0419. The summed E-state index contributed by atoms with van der Waals surface area (Å²) in [6, 6.07) is 6.76. The smallest absolute Gasteiger partial charge is 0.414 e. The SMILES string of the molecule is CC(C)(C)OC(=O)N1C=CC(=O)CC1c1ccccc1Cl. The van der Waals surface area contributed by atoms with Crippen molar-refractivity contribution in [2.75, 3.05) is 0 Å². The molecule has 0 fully saturated rings. The maximum Gasteiger partial charge on any atom is 0.414 e. The van der Waals surface area contributed by atoms with E-state index >= 15 is 0 Å². The Morgan fingerprint density at radius 3 is 2.62 bits per heavy atom. The molecular formula is C16H18ClNO3. The molecule has 1 aromatic rings. The van der Waals surface area contributed by atoms with E-state index in [1.165, 1.54) is 17.2 Å². The molecule has 0 bridgehead atoms. The van der Waals surface area contributed by atoms with Crippen LogP contribution >= 0.6 is 11.6 Å². The molecular weight excluding hydrogens is 290 g/mol. The third-order valence-corrected chi connectivity index (χ3v) is 3.36. The third-order valence-electron chi connectivity index (χ3n) is 3.02. The van der Waals surface area contributed by atoms with Gasteiger partial charge in [0.15, 0.2) is 5.78 Å². The monoisotopic (exact) mass is 307 g/mol. The van der Waals surface area contributed by atoms with Crippen molar-refractivity contribution in [1.82, 2.24) is 4.90 Å². The molecule has 1 atom stereocenters. The van der Waals surface area contributed by atoms with E-state index in [9.17, 15) is 9.59 Å². The number of ketones is 1. The maximum absolute atomic E-state index is 12.3. The first kappa shape index (κ1) is 15.6. The van der Waals surface area contributed by atoms with Gasteiger partial charge in [-0.2, -0.15) is 0 Å². The van der Waals surface area contributed by atoms with Crippen molar-refractivity contribution in [3.05, 3.63) is 47.1 Å². The van der Waals surface area contributed by atoms with Gasteiger partial charge in [-0.05, 0) is 38.5 Å². The summed E-state index contributed by atoms with van der Waals surface area (Å²) in [4.78, 5) is 25.4. The Hall–Kier alpha value is -1.81. The summed E-state index contributed by atoms with van der Waals surface area (Å²) in [6.07, 6.45) is 2.56. The van der Waals surface area contributed by atoms with Crippen molar-refractivity contribution >= 4 is 23.5 Å². The molecule has 0 N–H and O–H groups in total. The van der Waals surface area contributed by atoms with Crippen molar-refractivity contribution in [2.45, 2.75) is 38.8 Å². The maximum atomic E-state index is 12.3. The molecule has 0 spiro atoms. The molecule has 5 heteroatoms. The van der Waals surface area contributed by atoms with E-state index in [4.69, 9.17) is 16.3 Å². The predicted octanol–water partition coefficient (Wildman–Crippen LogP) is 4.10. The Morgan fingerprint density at radius 2 is 2.00 bits per heavy atom. The molecule has 0 aliphatic carbocycles. The lowest BCUT2D eigenvalue weighted by atomic mass is 9.97. The Bertz CT molecular complexity index is 589. The fourth-order valence-electron chi connectivity index (χ4n) is 2.13. The van der Waals surface area contributed by atoms with Crippen molar-refractivity contribution in [3.63, 3.8) is 0 Å². The van der Waals surface area contributed by atoms with Crippen LogP contribution in [-0.2, 0) is 9.53 Å². The second-order valence-corrected chi connectivity index (χ2v) is 6.32. The lowest BCUT2D eigenvalue weighted by Crippen LogP contribution is -2.38. The van der Waals surface area contributed by atoms with E-state index in [1.54, 1.807) is 26.8 Å². The van der Waals surface area contributed by atoms with Gasteiger partial charge in [0.25, 0.3) is 0 Å². The summed E-state index contributed by atoms with van der Waals surface area (Å²) in [5, 5.41) is 0.527. The molecule has 0 radical (unpaired) electrons. The molecule has 0 saturated carbocycles. The minimum atomic E-state index is -0.600. The highest BCUT2D eigenvalue weighted by molar-refractivity contribution is 6.31. The molecule has 0 saturated heterocycles. The summed E-state index contributed by atoms with van der Waals surface area (Å²) < 4.78 is 5.39. The van der Waals surface area contributed by atoms with Gasteiger partial charge in [-0.15, -0.1) is 0 Å². The zero-order valence-electron chi connectivity index (χ0n) is 12.3. The summed E-state index contributed by atoms with van der Waals surface area (Å²) in [5.74, 6) is -0.0419. The zero-order valence-corrected chi connectivity index (χ0v) is 13.1. The molecule has 1 amide bonds. The topological polar surface area (TPSA) is 46.6 Å². The Morgan fingerprint density at radius 1 is 1.33 bits per heavy atom. The summed E-state index contributed by atoms with van der Waals surface area (Å²) in [5.41, 5.74) is 0.139. The predicted molar refractivity (Wildman–Crippen MR) is 81.0 cm³/mol. The molecule has 1 aliphatic rings. The number of carbonyl (C=O) groups is 2. The molecule has 0 aromatic heterocycles. The summed E-state index contributed by atoms with van der Waals surface area (Å²) in [7, 11) is 0. The molecule has 2 rings (SSSR count). The van der Waals surface area contributed by atoms with Gasteiger partial charge in [-0.25, -0.2) is 4.79 Å². The Labute approximate surface area is 129 Å². The van der Waals surface area contributed by atoms with Gasteiger partial charge < -0.3 is 4.74 Å². The van der Waals surface area contributed by atoms with Crippen LogP contribution < -0.4 is 0 Å². The largest absolute Gasteiger partial charge is 0.443 e. The van der Waals surface area contributed by atoms with Gasteiger partial charge in [0.1, 0.15) is 5.60 Å². The van der Waals surface area contributed by atoms with Gasteiger partial charge >= 0.3 is 6.09 Å². The first-order valence-corrected chi connectivity index (χ1v) is 7.12. The van der Waals surface area contributed by atoms with E-state index < -0.39 is 17.7 Å². The highest BCUT2D eigenvalue weighted by atomic mass is 35.5. The van der Waals surface area contributed by atoms with Crippen LogP contribution in [0, 0.1) is 0 Å². The van der Waals surface area contributed by atoms with E-state index in [-0.39, 0.29) is 12.2 Å². The van der Waals surface area contributed by atoms with Gasteiger partial charge in [0.2, 0.25) is 0 Å². The molecule has 21 heavy (non-hydrogen) atoms. The van der Waals surface area contributed by atoms with E-state index in [0.717, 1.165) is 5.56 Å². The van der Waals surface area contributed by atoms with Crippen LogP contribution in [0.25, 0.3) is 0 Å². The lowest BCUT2D eigenvalue weighted by Gasteiger charge is -2.33. The fourth-order valence-corrected chi connectivity index (χ4v) is 2.39. The number of halogens is 1. The van der Waals surface area contributed by atoms with Crippen LogP contribution in [0.5, 0.6) is 0 Å². The number of ether oxygens (including phenoxy) is 1. The highest BCUT2D eigenvalue weighted by Crippen LogP contribution is 2.33. The van der Waals surface area contributed by atoms with Gasteiger partial charge in [-0.1, -0.05) is 29.8 Å². The number of benzene rings is 1. The number of hydrogen-bond acceptors (Lipinski definition) is 3. The first-order chi connectivity index (χ1) is 9.78. The van der Waals surface area contributed by atoms with Crippen molar-refractivity contribution in [2.24, 2.45) is 0 Å². The molecule has 1 aliphatic heterocycles. The van der Waals surface area contributed by atoms with Crippen molar-refractivity contribution in [3.8, 4) is 0 Å². The quantitative estimate of drug-likeness (QED) is 0.784. The Balaban J connectivity index is 2.33. The van der Waals surface area contributed by atoms with Crippen LogP contribution in [0.15, 0.2) is 36.5 Å². The van der Waals surface area contributed by atoms with Crippen molar-refractivity contribution < 1.29 is 14.3 Å². The minimum Gasteiger partial charge on any atom is -0.443 e. The number of hydrogen-bond donors (Lipinski definition) is 0. The third kappa shape index (κ3) is 3.85. The zero-order chi connectivity index (χ0) is 15.6.